The first-order valence-electron chi connectivity index (χ1n) is 10.7. The van der Waals surface area contributed by atoms with Gasteiger partial charge in [-0.25, -0.2) is 0 Å². The Hall–Kier alpha value is -3.72. The first-order valence-corrected chi connectivity index (χ1v) is 11.1. The molecule has 2 aromatic carbocycles. The molecule has 5 rings (SSSR count). The van der Waals surface area contributed by atoms with Crippen LogP contribution in [0.15, 0.2) is 47.3 Å². The van der Waals surface area contributed by atoms with Gasteiger partial charge in [-0.1, -0.05) is 24.6 Å². The molecule has 0 atom stereocenters. The first-order chi connectivity index (χ1) is 16.0. The third-order valence-corrected chi connectivity index (χ3v) is 6.00. The summed E-state index contributed by atoms with van der Waals surface area (Å²) in [6.07, 6.45) is 1.54. The summed E-state index contributed by atoms with van der Waals surface area (Å²) in [5.74, 6) is 0.251. The van der Waals surface area contributed by atoms with Crippen molar-refractivity contribution in [3.8, 4) is 0 Å². The van der Waals surface area contributed by atoms with Gasteiger partial charge in [0.1, 0.15) is 12.4 Å². The Balaban J connectivity index is 1.43. The number of carbonyl (C=O) groups excluding carboxylic acids is 2. The number of carbonyl (C=O) groups is 2. The number of nitrogens with one attached hydrogen (secondary N) is 1. The number of piperazine rings is 1. The van der Waals surface area contributed by atoms with Crippen molar-refractivity contribution < 1.29 is 9.59 Å². The van der Waals surface area contributed by atoms with Gasteiger partial charge in [-0.05, 0) is 42.8 Å². The molecular formula is C23H21ClN6O3. The highest BCUT2D eigenvalue weighted by Crippen LogP contribution is 2.23. The zero-order chi connectivity index (χ0) is 23.1. The van der Waals surface area contributed by atoms with E-state index in [2.05, 4.69) is 15.2 Å². The molecule has 3 heterocycles. The van der Waals surface area contributed by atoms with Crippen molar-refractivity contribution in [2.24, 2.45) is 0 Å². The summed E-state index contributed by atoms with van der Waals surface area (Å²) < 4.78 is 1.74. The van der Waals surface area contributed by atoms with Crippen molar-refractivity contribution in [1.82, 2.24) is 24.5 Å². The van der Waals surface area contributed by atoms with Crippen LogP contribution in [-0.4, -0.2) is 55.9 Å². The molecule has 0 bridgehead atoms. The van der Waals surface area contributed by atoms with Crippen molar-refractivity contribution in [2.75, 3.05) is 24.5 Å². The van der Waals surface area contributed by atoms with Crippen molar-refractivity contribution in [2.45, 2.75) is 19.8 Å². The maximum atomic E-state index is 13.2. The van der Waals surface area contributed by atoms with Gasteiger partial charge in [0.25, 0.3) is 11.5 Å². The Morgan fingerprint density at radius 2 is 1.97 bits per heavy atom. The molecule has 2 aromatic heterocycles. The van der Waals surface area contributed by atoms with Gasteiger partial charge < -0.3 is 14.8 Å². The first kappa shape index (κ1) is 21.1. The predicted molar refractivity (Wildman–Crippen MR) is 125 cm³/mol. The van der Waals surface area contributed by atoms with E-state index in [0.29, 0.717) is 47.1 Å². The van der Waals surface area contributed by atoms with E-state index in [4.69, 9.17) is 11.6 Å². The van der Waals surface area contributed by atoms with Gasteiger partial charge in [0, 0.05) is 35.8 Å². The molecule has 2 amide bonds. The van der Waals surface area contributed by atoms with Crippen LogP contribution in [0.1, 0.15) is 29.5 Å². The van der Waals surface area contributed by atoms with Gasteiger partial charge in [-0.2, -0.15) is 0 Å². The normalized spacial score (nSPS) is 14.4. The fourth-order valence-electron chi connectivity index (χ4n) is 4.19. The third-order valence-electron chi connectivity index (χ3n) is 5.77. The maximum Gasteiger partial charge on any atom is 0.294 e. The molecule has 0 saturated carbocycles. The minimum atomic E-state index is -0.368. The lowest BCUT2D eigenvalue weighted by Crippen LogP contribution is -2.52. The van der Waals surface area contributed by atoms with E-state index < -0.39 is 0 Å². The lowest BCUT2D eigenvalue weighted by atomic mass is 10.1. The average molecular weight is 465 g/mol. The molecule has 0 spiro atoms. The van der Waals surface area contributed by atoms with Crippen LogP contribution in [0.4, 0.5) is 5.69 Å². The number of halogens is 1. The lowest BCUT2D eigenvalue weighted by molar-refractivity contribution is -0.120. The minimum absolute atomic E-state index is 0.0367. The fourth-order valence-corrected chi connectivity index (χ4v) is 4.38. The molecule has 9 nitrogen and oxygen atoms in total. The molecule has 168 valence electrons. The lowest BCUT2D eigenvalue weighted by Gasteiger charge is -2.34. The van der Waals surface area contributed by atoms with Crippen LogP contribution in [0.2, 0.25) is 5.02 Å². The van der Waals surface area contributed by atoms with Gasteiger partial charge in [-0.3, -0.25) is 18.8 Å². The SMILES string of the molecule is CCCc1nnc2c(=O)[nH]c3cc(C(=O)N4CCN(c5cccc(Cl)c5)C(=O)C4)ccc3n12. The monoisotopic (exact) mass is 464 g/mol. The van der Waals surface area contributed by atoms with Crippen LogP contribution >= 0.6 is 11.6 Å². The number of hydrogen-bond donors (Lipinski definition) is 1. The molecule has 1 saturated heterocycles. The zero-order valence-corrected chi connectivity index (χ0v) is 18.7. The van der Waals surface area contributed by atoms with Crippen LogP contribution < -0.4 is 10.5 Å². The van der Waals surface area contributed by atoms with Crippen molar-refractivity contribution in [1.29, 1.82) is 0 Å². The van der Waals surface area contributed by atoms with E-state index in [0.717, 1.165) is 11.9 Å². The second-order valence-corrected chi connectivity index (χ2v) is 8.40. The summed E-state index contributed by atoms with van der Waals surface area (Å²) in [4.78, 5) is 44.3. The molecule has 1 aliphatic rings. The van der Waals surface area contributed by atoms with E-state index in [9.17, 15) is 14.4 Å². The molecule has 0 radical (unpaired) electrons. The van der Waals surface area contributed by atoms with Gasteiger partial charge >= 0.3 is 0 Å². The summed E-state index contributed by atoms with van der Waals surface area (Å²) in [6.45, 7) is 2.75. The van der Waals surface area contributed by atoms with Gasteiger partial charge in [0.15, 0.2) is 0 Å². The van der Waals surface area contributed by atoms with Gasteiger partial charge in [-0.15, -0.1) is 10.2 Å². The molecule has 4 aromatic rings. The summed E-state index contributed by atoms with van der Waals surface area (Å²) in [6, 6.07) is 12.2. The predicted octanol–water partition coefficient (Wildman–Crippen LogP) is 2.67. The van der Waals surface area contributed by atoms with E-state index in [1.165, 1.54) is 4.90 Å². The summed E-state index contributed by atoms with van der Waals surface area (Å²) >= 11 is 6.05. The van der Waals surface area contributed by atoms with Crippen molar-refractivity contribution in [3.63, 3.8) is 0 Å². The second kappa shape index (κ2) is 8.32. The number of anilines is 1. The topological polar surface area (TPSA) is 104 Å². The Kier molecular flexibility index (Phi) is 5.33. The number of nitrogens with zero attached hydrogens (tertiary/aromatic N) is 5. The highest BCUT2D eigenvalue weighted by Gasteiger charge is 2.29. The Morgan fingerprint density at radius 3 is 2.73 bits per heavy atom. The van der Waals surface area contributed by atoms with Crippen LogP contribution in [0.3, 0.4) is 0 Å². The van der Waals surface area contributed by atoms with E-state index in [1.807, 2.05) is 13.0 Å². The van der Waals surface area contributed by atoms with E-state index in [-0.39, 0.29) is 29.6 Å². The van der Waals surface area contributed by atoms with Crippen LogP contribution in [0.5, 0.6) is 0 Å². The van der Waals surface area contributed by atoms with Crippen molar-refractivity contribution >= 4 is 45.8 Å². The smallest absolute Gasteiger partial charge is 0.294 e. The number of benzene rings is 2. The zero-order valence-electron chi connectivity index (χ0n) is 17.9. The fraction of sp³-hybridized carbons (Fsp3) is 0.261. The van der Waals surface area contributed by atoms with E-state index in [1.54, 1.807) is 45.7 Å². The summed E-state index contributed by atoms with van der Waals surface area (Å²) in [5, 5.41) is 8.70. The molecule has 0 aliphatic carbocycles. The Labute approximate surface area is 193 Å². The number of aromatic nitrogens is 4. The molecule has 10 heteroatoms. The second-order valence-electron chi connectivity index (χ2n) is 7.96. The van der Waals surface area contributed by atoms with Crippen LogP contribution in [-0.2, 0) is 11.2 Å². The van der Waals surface area contributed by atoms with Crippen LogP contribution in [0.25, 0.3) is 16.7 Å². The number of aromatic amines is 1. The third kappa shape index (κ3) is 3.74. The standard InChI is InChI=1S/C23H21ClN6O3/c1-2-4-19-26-27-21-22(32)25-17-11-14(7-8-18(17)30(19)21)23(33)28-9-10-29(20(31)13-28)16-6-3-5-15(24)12-16/h3,5-8,11-12H,2,4,9-10,13H2,1H3,(H,25,32). The number of aryl methyl sites for hydroxylation is 1. The van der Waals surface area contributed by atoms with Crippen molar-refractivity contribution in [3.05, 3.63) is 69.2 Å². The Bertz CT molecular complexity index is 1460. The molecule has 1 N–H and O–H groups in total. The number of rotatable bonds is 4. The molecule has 0 unspecified atom stereocenters. The number of amides is 2. The molecule has 1 aliphatic heterocycles. The molecule has 1 fully saturated rings. The number of hydrogen-bond acceptors (Lipinski definition) is 5. The minimum Gasteiger partial charge on any atom is -0.328 e. The summed E-state index contributed by atoms with van der Waals surface area (Å²) in [5.41, 5.74) is 2.20. The highest BCUT2D eigenvalue weighted by atomic mass is 35.5. The van der Waals surface area contributed by atoms with Gasteiger partial charge in [0.05, 0.1) is 11.0 Å². The number of fused-ring (bicyclic) bond motifs is 3. The maximum absolute atomic E-state index is 13.2. The largest absolute Gasteiger partial charge is 0.328 e. The average Bonchev–Trinajstić information content (AvgIpc) is 3.23. The van der Waals surface area contributed by atoms with Gasteiger partial charge in [0.2, 0.25) is 11.6 Å². The highest BCUT2D eigenvalue weighted by molar-refractivity contribution is 6.31. The quantitative estimate of drug-likeness (QED) is 0.500. The Morgan fingerprint density at radius 1 is 1.12 bits per heavy atom. The molecular weight excluding hydrogens is 444 g/mol. The number of H-pyrrole nitrogens is 1. The molecule has 33 heavy (non-hydrogen) atoms. The van der Waals surface area contributed by atoms with E-state index >= 15 is 0 Å². The van der Waals surface area contributed by atoms with Crippen LogP contribution in [0, 0.1) is 0 Å². The summed E-state index contributed by atoms with van der Waals surface area (Å²) in [7, 11) is 0.